The molecule has 0 bridgehead atoms. The van der Waals surface area contributed by atoms with Gasteiger partial charge in [-0.2, -0.15) is 0 Å². The second-order valence-electron chi connectivity index (χ2n) is 5.32. The van der Waals surface area contributed by atoms with Crippen molar-refractivity contribution in [2.75, 3.05) is 13.6 Å². The van der Waals surface area contributed by atoms with E-state index in [1.807, 2.05) is 24.9 Å². The van der Waals surface area contributed by atoms with Crippen LogP contribution in [0.1, 0.15) is 18.1 Å². The number of phenolic OH excluding ortho intramolecular Hbond substituents is 1. The highest BCUT2D eigenvalue weighted by molar-refractivity contribution is 5.79. The van der Waals surface area contributed by atoms with Crippen molar-refractivity contribution in [3.05, 3.63) is 65.5 Å². The van der Waals surface area contributed by atoms with E-state index in [2.05, 4.69) is 10.3 Å². The van der Waals surface area contributed by atoms with E-state index in [0.29, 0.717) is 13.1 Å². The van der Waals surface area contributed by atoms with Gasteiger partial charge in [0.1, 0.15) is 11.6 Å². The average Bonchev–Trinajstić information content (AvgIpc) is 2.53. The zero-order chi connectivity index (χ0) is 16.7. The molecule has 0 unspecified atom stereocenters. The fraction of sp³-hybridized carbons (Fsp3) is 0.278. The van der Waals surface area contributed by atoms with E-state index >= 15 is 0 Å². The van der Waals surface area contributed by atoms with Gasteiger partial charge in [0.25, 0.3) is 0 Å². The van der Waals surface area contributed by atoms with Gasteiger partial charge in [0.15, 0.2) is 5.96 Å². The summed E-state index contributed by atoms with van der Waals surface area (Å²) >= 11 is 0. The number of hydrogen-bond donors (Lipinski definition) is 2. The van der Waals surface area contributed by atoms with E-state index in [-0.39, 0.29) is 11.6 Å². The summed E-state index contributed by atoms with van der Waals surface area (Å²) in [6, 6.07) is 13.5. The predicted molar refractivity (Wildman–Crippen MR) is 90.8 cm³/mol. The molecule has 0 saturated heterocycles. The molecule has 2 aromatic carbocycles. The zero-order valence-electron chi connectivity index (χ0n) is 13.5. The van der Waals surface area contributed by atoms with Crippen LogP contribution < -0.4 is 5.32 Å². The third-order valence-corrected chi connectivity index (χ3v) is 3.35. The lowest BCUT2D eigenvalue weighted by molar-refractivity contribution is 0.473. The minimum absolute atomic E-state index is 0.235. The Bertz CT molecular complexity index is 656. The highest BCUT2D eigenvalue weighted by Crippen LogP contribution is 2.12. The maximum absolute atomic E-state index is 13.0. The number of guanidine groups is 1. The van der Waals surface area contributed by atoms with E-state index in [0.717, 1.165) is 23.6 Å². The van der Waals surface area contributed by atoms with Crippen LogP contribution in [0.25, 0.3) is 0 Å². The van der Waals surface area contributed by atoms with Gasteiger partial charge < -0.3 is 15.3 Å². The van der Waals surface area contributed by atoms with Gasteiger partial charge in [0, 0.05) is 20.1 Å². The van der Waals surface area contributed by atoms with Gasteiger partial charge in [0.05, 0.1) is 6.54 Å². The molecular formula is C18H22FN3O. The van der Waals surface area contributed by atoms with Gasteiger partial charge >= 0.3 is 0 Å². The molecule has 2 rings (SSSR count). The molecule has 4 nitrogen and oxygen atoms in total. The number of phenols is 1. The first-order chi connectivity index (χ1) is 11.1. The lowest BCUT2D eigenvalue weighted by Crippen LogP contribution is -2.38. The predicted octanol–water partition coefficient (Wildman–Crippen LogP) is 3.13. The van der Waals surface area contributed by atoms with E-state index < -0.39 is 0 Å². The Morgan fingerprint density at radius 2 is 1.91 bits per heavy atom. The summed E-state index contributed by atoms with van der Waals surface area (Å²) in [7, 11) is 1.94. The number of halogens is 1. The van der Waals surface area contributed by atoms with E-state index in [4.69, 9.17) is 0 Å². The molecule has 0 amide bonds. The highest BCUT2D eigenvalue weighted by atomic mass is 19.1. The molecule has 0 heterocycles. The third-order valence-electron chi connectivity index (χ3n) is 3.35. The molecule has 0 spiro atoms. The van der Waals surface area contributed by atoms with Crippen LogP contribution in [0, 0.1) is 5.82 Å². The molecule has 5 heteroatoms. The largest absolute Gasteiger partial charge is 0.508 e. The summed E-state index contributed by atoms with van der Waals surface area (Å²) in [6.45, 7) is 3.87. The van der Waals surface area contributed by atoms with E-state index in [1.54, 1.807) is 30.3 Å². The molecule has 0 aliphatic heterocycles. The number of nitrogens with one attached hydrogen (secondary N) is 1. The first-order valence-corrected chi connectivity index (χ1v) is 7.60. The summed E-state index contributed by atoms with van der Waals surface area (Å²) in [5.41, 5.74) is 1.95. The lowest BCUT2D eigenvalue weighted by Gasteiger charge is -2.22. The van der Waals surface area contributed by atoms with Crippen LogP contribution in [0.5, 0.6) is 5.75 Å². The Balaban J connectivity index is 2.06. The maximum Gasteiger partial charge on any atom is 0.194 e. The normalized spacial score (nSPS) is 11.3. The Morgan fingerprint density at radius 3 is 2.57 bits per heavy atom. The van der Waals surface area contributed by atoms with Crippen LogP contribution in [-0.2, 0) is 13.1 Å². The molecular weight excluding hydrogens is 293 g/mol. The van der Waals surface area contributed by atoms with Crippen molar-refractivity contribution < 1.29 is 9.50 Å². The van der Waals surface area contributed by atoms with Crippen LogP contribution in [0.4, 0.5) is 4.39 Å². The third kappa shape index (κ3) is 5.29. The summed E-state index contributed by atoms with van der Waals surface area (Å²) in [5.74, 6) is 0.767. The quantitative estimate of drug-likeness (QED) is 0.658. The number of nitrogens with zero attached hydrogens (tertiary/aromatic N) is 2. The Kier molecular flexibility index (Phi) is 5.97. The van der Waals surface area contributed by atoms with Gasteiger partial charge in [-0.3, -0.25) is 0 Å². The topological polar surface area (TPSA) is 47.9 Å². The lowest BCUT2D eigenvalue weighted by atomic mass is 10.2. The summed E-state index contributed by atoms with van der Waals surface area (Å²) < 4.78 is 13.0. The molecule has 0 aliphatic rings. The SMILES string of the molecule is CCNC(=NCc1cccc(O)c1)N(C)Cc1ccc(F)cc1. The molecule has 0 atom stereocenters. The van der Waals surface area contributed by atoms with E-state index in [9.17, 15) is 9.50 Å². The van der Waals surface area contributed by atoms with Crippen molar-refractivity contribution in [1.82, 2.24) is 10.2 Å². The van der Waals surface area contributed by atoms with Gasteiger partial charge in [-0.1, -0.05) is 24.3 Å². The molecule has 23 heavy (non-hydrogen) atoms. The minimum atomic E-state index is -0.235. The number of benzene rings is 2. The van der Waals surface area contributed by atoms with Crippen molar-refractivity contribution in [3.63, 3.8) is 0 Å². The van der Waals surface area contributed by atoms with Gasteiger partial charge in [-0.25, -0.2) is 9.38 Å². The molecule has 0 aromatic heterocycles. The van der Waals surface area contributed by atoms with Crippen LogP contribution in [0.3, 0.4) is 0 Å². The van der Waals surface area contributed by atoms with Gasteiger partial charge in [-0.05, 0) is 42.3 Å². The Morgan fingerprint density at radius 1 is 1.17 bits per heavy atom. The monoisotopic (exact) mass is 315 g/mol. The number of rotatable bonds is 5. The van der Waals surface area contributed by atoms with Gasteiger partial charge in [0.2, 0.25) is 0 Å². The average molecular weight is 315 g/mol. The first-order valence-electron chi connectivity index (χ1n) is 7.60. The Hall–Kier alpha value is -2.56. The first kappa shape index (κ1) is 16.8. The smallest absolute Gasteiger partial charge is 0.194 e. The van der Waals surface area contributed by atoms with Crippen LogP contribution in [0.2, 0.25) is 0 Å². The molecule has 2 aromatic rings. The summed E-state index contributed by atoms with van der Waals surface area (Å²) in [4.78, 5) is 6.57. The van der Waals surface area contributed by atoms with Crippen molar-refractivity contribution >= 4 is 5.96 Å². The zero-order valence-corrected chi connectivity index (χ0v) is 13.5. The minimum Gasteiger partial charge on any atom is -0.508 e. The molecule has 122 valence electrons. The molecule has 0 radical (unpaired) electrons. The van der Waals surface area contributed by atoms with Crippen molar-refractivity contribution in [1.29, 1.82) is 0 Å². The van der Waals surface area contributed by atoms with Crippen LogP contribution in [-0.4, -0.2) is 29.6 Å². The van der Waals surface area contributed by atoms with Gasteiger partial charge in [-0.15, -0.1) is 0 Å². The second kappa shape index (κ2) is 8.17. The molecule has 0 fully saturated rings. The molecule has 0 aliphatic carbocycles. The molecule has 2 N–H and O–H groups in total. The standard InChI is InChI=1S/C18H22FN3O/c1-3-20-18(21-12-15-5-4-6-17(23)11-15)22(2)13-14-7-9-16(19)10-8-14/h4-11,23H,3,12-13H2,1-2H3,(H,20,21). The maximum atomic E-state index is 13.0. The number of hydrogen-bond acceptors (Lipinski definition) is 2. The van der Waals surface area contributed by atoms with Crippen molar-refractivity contribution in [2.45, 2.75) is 20.0 Å². The van der Waals surface area contributed by atoms with E-state index in [1.165, 1.54) is 12.1 Å². The van der Waals surface area contributed by atoms with Crippen molar-refractivity contribution in [3.8, 4) is 5.75 Å². The van der Waals surface area contributed by atoms with Crippen LogP contribution in [0.15, 0.2) is 53.5 Å². The summed E-state index contributed by atoms with van der Waals surface area (Å²) in [6.07, 6.45) is 0. The highest BCUT2D eigenvalue weighted by Gasteiger charge is 2.07. The fourth-order valence-corrected chi connectivity index (χ4v) is 2.23. The van der Waals surface area contributed by atoms with Crippen molar-refractivity contribution in [2.24, 2.45) is 4.99 Å². The fourth-order valence-electron chi connectivity index (χ4n) is 2.23. The second-order valence-corrected chi connectivity index (χ2v) is 5.32. The summed E-state index contributed by atoms with van der Waals surface area (Å²) in [5, 5.41) is 12.7. The molecule has 0 saturated carbocycles. The van der Waals surface area contributed by atoms with Crippen LogP contribution >= 0.6 is 0 Å². The number of aromatic hydroxyl groups is 1. The Labute approximate surface area is 136 Å². The number of aliphatic imine (C=N–C) groups is 1.